The van der Waals surface area contributed by atoms with Crippen LogP contribution in [0.25, 0.3) is 0 Å². The van der Waals surface area contributed by atoms with Gasteiger partial charge in [-0.2, -0.15) is 0 Å². The first-order valence-electron chi connectivity index (χ1n) is 11.3. The van der Waals surface area contributed by atoms with Crippen molar-refractivity contribution in [3.8, 4) is 0 Å². The van der Waals surface area contributed by atoms with E-state index in [4.69, 9.17) is 4.98 Å². The number of imide groups is 1. The predicted molar refractivity (Wildman–Crippen MR) is 113 cm³/mol. The molecule has 1 saturated heterocycles. The SMILES string of the molecule is O=C(CN1C(=O)C2CC=CCC2C1=O)Nc1nc(C23CC4CC(CC(C4)C2)C3)cs1. The third-order valence-electron chi connectivity index (χ3n) is 8.23. The van der Waals surface area contributed by atoms with Crippen LogP contribution in [0.15, 0.2) is 17.5 Å². The topological polar surface area (TPSA) is 79.4 Å². The third-order valence-corrected chi connectivity index (χ3v) is 8.99. The van der Waals surface area contributed by atoms with E-state index in [9.17, 15) is 14.4 Å². The van der Waals surface area contributed by atoms with Crippen LogP contribution < -0.4 is 5.32 Å². The lowest BCUT2D eigenvalue weighted by Gasteiger charge is -2.56. The fraction of sp³-hybridized carbons (Fsp3) is 0.652. The molecule has 0 aromatic carbocycles. The van der Waals surface area contributed by atoms with Crippen molar-refractivity contribution in [1.82, 2.24) is 9.88 Å². The first-order valence-corrected chi connectivity index (χ1v) is 12.1. The molecule has 0 spiro atoms. The molecule has 1 N–H and O–H groups in total. The molecule has 1 aliphatic heterocycles. The van der Waals surface area contributed by atoms with Crippen LogP contribution in [0, 0.1) is 29.6 Å². The Kier molecular flexibility index (Phi) is 4.21. The lowest BCUT2D eigenvalue weighted by Crippen LogP contribution is -2.48. The molecule has 0 radical (unpaired) electrons. The van der Waals surface area contributed by atoms with Gasteiger partial charge in [-0.15, -0.1) is 11.3 Å². The Morgan fingerprint density at radius 3 is 2.17 bits per heavy atom. The van der Waals surface area contributed by atoms with E-state index in [0.29, 0.717) is 18.0 Å². The summed E-state index contributed by atoms with van der Waals surface area (Å²) in [7, 11) is 0. The van der Waals surface area contributed by atoms with Gasteiger partial charge in [-0.05, 0) is 69.1 Å². The second-order valence-corrected chi connectivity index (χ2v) is 11.1. The molecule has 5 aliphatic carbocycles. The number of nitrogens with zero attached hydrogens (tertiary/aromatic N) is 2. The van der Waals surface area contributed by atoms with E-state index in [2.05, 4.69) is 10.7 Å². The quantitative estimate of drug-likeness (QED) is 0.591. The molecular formula is C23H27N3O3S. The second-order valence-electron chi connectivity index (χ2n) is 10.2. The van der Waals surface area contributed by atoms with Crippen LogP contribution in [-0.4, -0.2) is 34.2 Å². The van der Waals surface area contributed by atoms with E-state index < -0.39 is 0 Å². The van der Waals surface area contributed by atoms with Crippen molar-refractivity contribution in [3.63, 3.8) is 0 Å². The molecule has 1 aromatic rings. The van der Waals surface area contributed by atoms with Crippen molar-refractivity contribution in [2.24, 2.45) is 29.6 Å². The molecule has 3 amide bonds. The molecule has 4 bridgehead atoms. The Hall–Kier alpha value is -2.02. The van der Waals surface area contributed by atoms with Gasteiger partial charge in [0.25, 0.3) is 0 Å². The summed E-state index contributed by atoms with van der Waals surface area (Å²) in [6.07, 6.45) is 13.0. The number of hydrogen-bond donors (Lipinski definition) is 1. The van der Waals surface area contributed by atoms with Gasteiger partial charge in [0.1, 0.15) is 6.54 Å². The smallest absolute Gasteiger partial charge is 0.246 e. The Balaban J connectivity index is 1.13. The van der Waals surface area contributed by atoms with Crippen molar-refractivity contribution >= 4 is 34.2 Å². The van der Waals surface area contributed by atoms with Gasteiger partial charge in [-0.3, -0.25) is 19.3 Å². The van der Waals surface area contributed by atoms with Crippen molar-refractivity contribution in [3.05, 3.63) is 23.2 Å². The Bertz CT molecular complexity index is 890. The van der Waals surface area contributed by atoms with Crippen molar-refractivity contribution in [2.75, 3.05) is 11.9 Å². The molecule has 4 saturated carbocycles. The maximum absolute atomic E-state index is 12.6. The molecule has 5 fully saturated rings. The summed E-state index contributed by atoms with van der Waals surface area (Å²) in [5, 5.41) is 5.56. The monoisotopic (exact) mass is 425 g/mol. The molecule has 2 heterocycles. The minimum atomic E-state index is -0.338. The highest BCUT2D eigenvalue weighted by atomic mass is 32.1. The minimum Gasteiger partial charge on any atom is -0.300 e. The summed E-state index contributed by atoms with van der Waals surface area (Å²) < 4.78 is 0. The average Bonchev–Trinajstić information content (AvgIpc) is 3.27. The van der Waals surface area contributed by atoms with Gasteiger partial charge in [0.2, 0.25) is 17.7 Å². The highest BCUT2D eigenvalue weighted by Gasteiger charge is 2.52. The number of fused-ring (bicyclic) bond motifs is 1. The number of likely N-dealkylation sites (tertiary alicyclic amines) is 1. The van der Waals surface area contributed by atoms with E-state index in [1.54, 1.807) is 0 Å². The summed E-state index contributed by atoms with van der Waals surface area (Å²) >= 11 is 1.47. The highest BCUT2D eigenvalue weighted by molar-refractivity contribution is 7.14. The zero-order valence-corrected chi connectivity index (χ0v) is 17.8. The van der Waals surface area contributed by atoms with Crippen LogP contribution in [0.1, 0.15) is 57.1 Å². The summed E-state index contributed by atoms with van der Waals surface area (Å²) in [5.74, 6) is 1.20. The van der Waals surface area contributed by atoms with Crippen molar-refractivity contribution in [2.45, 2.75) is 56.8 Å². The van der Waals surface area contributed by atoms with Crippen LogP contribution >= 0.6 is 11.3 Å². The number of anilines is 1. The molecule has 7 heteroatoms. The van der Waals surface area contributed by atoms with Crippen molar-refractivity contribution < 1.29 is 14.4 Å². The number of allylic oxidation sites excluding steroid dienone is 2. The number of carbonyl (C=O) groups is 3. The van der Waals surface area contributed by atoms with Gasteiger partial charge < -0.3 is 5.32 Å². The van der Waals surface area contributed by atoms with Crippen LogP contribution in [0.4, 0.5) is 5.13 Å². The van der Waals surface area contributed by atoms with Gasteiger partial charge >= 0.3 is 0 Å². The fourth-order valence-corrected chi connectivity index (χ4v) is 8.18. The Labute approximate surface area is 180 Å². The van der Waals surface area contributed by atoms with E-state index in [1.165, 1.54) is 49.9 Å². The number of amides is 3. The lowest BCUT2D eigenvalue weighted by molar-refractivity contribution is -0.142. The number of nitrogens with one attached hydrogen (secondary N) is 1. The molecule has 7 rings (SSSR count). The van der Waals surface area contributed by atoms with Crippen LogP contribution in [-0.2, 0) is 19.8 Å². The molecule has 1 aromatic heterocycles. The van der Waals surface area contributed by atoms with E-state index in [0.717, 1.165) is 28.3 Å². The number of rotatable bonds is 4. The van der Waals surface area contributed by atoms with Crippen LogP contribution in [0.2, 0.25) is 0 Å². The molecule has 6 nitrogen and oxygen atoms in total. The summed E-state index contributed by atoms with van der Waals surface area (Å²) in [6, 6.07) is 0. The maximum Gasteiger partial charge on any atom is 0.246 e. The zero-order valence-electron chi connectivity index (χ0n) is 17.0. The summed E-state index contributed by atoms with van der Waals surface area (Å²) in [4.78, 5) is 43.7. The number of carbonyl (C=O) groups excluding carboxylic acids is 3. The van der Waals surface area contributed by atoms with Crippen LogP contribution in [0.3, 0.4) is 0 Å². The Morgan fingerprint density at radius 2 is 1.60 bits per heavy atom. The Morgan fingerprint density at radius 1 is 1.03 bits per heavy atom. The van der Waals surface area contributed by atoms with E-state index in [1.807, 2.05) is 12.2 Å². The normalized spacial score (nSPS) is 38.9. The predicted octanol–water partition coefficient (Wildman–Crippen LogP) is 3.50. The van der Waals surface area contributed by atoms with Crippen LogP contribution in [0.5, 0.6) is 0 Å². The fourth-order valence-electron chi connectivity index (χ4n) is 7.33. The maximum atomic E-state index is 12.6. The highest BCUT2D eigenvalue weighted by Crippen LogP contribution is 2.60. The van der Waals surface area contributed by atoms with Gasteiger partial charge in [0.05, 0.1) is 17.5 Å². The van der Waals surface area contributed by atoms with Gasteiger partial charge in [0, 0.05) is 10.8 Å². The van der Waals surface area contributed by atoms with Gasteiger partial charge in [0.15, 0.2) is 5.13 Å². The van der Waals surface area contributed by atoms with Crippen molar-refractivity contribution in [1.29, 1.82) is 0 Å². The second kappa shape index (κ2) is 6.74. The zero-order chi connectivity index (χ0) is 20.5. The number of aromatic nitrogens is 1. The molecule has 158 valence electrons. The first kappa shape index (κ1) is 18.7. The molecule has 2 unspecified atom stereocenters. The standard InChI is InChI=1S/C23H27N3O3S/c27-19(11-26-20(28)16-3-1-2-4-17(16)21(26)29)25-22-24-18(12-30-22)23-8-13-5-14(9-23)7-15(6-13)10-23/h1-2,12-17H,3-11H2,(H,24,25,27). The number of hydrogen-bond acceptors (Lipinski definition) is 5. The van der Waals surface area contributed by atoms with Gasteiger partial charge in [-0.1, -0.05) is 12.2 Å². The lowest BCUT2D eigenvalue weighted by atomic mass is 9.49. The third kappa shape index (κ3) is 2.88. The first-order chi connectivity index (χ1) is 14.5. The molecule has 2 atom stereocenters. The molecule has 30 heavy (non-hydrogen) atoms. The minimum absolute atomic E-state index is 0.206. The number of thiazole rings is 1. The van der Waals surface area contributed by atoms with E-state index in [-0.39, 0.29) is 41.5 Å². The van der Waals surface area contributed by atoms with Gasteiger partial charge in [-0.25, -0.2) is 4.98 Å². The largest absolute Gasteiger partial charge is 0.300 e. The summed E-state index contributed by atoms with van der Waals surface area (Å²) in [6.45, 7) is -0.211. The molecule has 6 aliphatic rings. The van der Waals surface area contributed by atoms with E-state index >= 15 is 0 Å². The molecular weight excluding hydrogens is 398 g/mol. The summed E-state index contributed by atoms with van der Waals surface area (Å²) in [5.41, 5.74) is 1.35. The average molecular weight is 426 g/mol.